The lowest BCUT2D eigenvalue weighted by atomic mass is 9.70. The summed E-state index contributed by atoms with van der Waals surface area (Å²) in [6.45, 7) is 6.13. The molecule has 0 aromatic rings. The summed E-state index contributed by atoms with van der Waals surface area (Å²) in [5.74, 6) is -1.13. The van der Waals surface area contributed by atoms with Gasteiger partial charge in [0.15, 0.2) is 6.10 Å². The molecule has 1 N–H and O–H groups in total. The van der Waals surface area contributed by atoms with Gasteiger partial charge in [-0.1, -0.05) is 20.8 Å². The van der Waals surface area contributed by atoms with E-state index in [2.05, 4.69) is 13.8 Å². The topological polar surface area (TPSA) is 46.5 Å². The molecule has 3 nitrogen and oxygen atoms in total. The molecule has 0 heterocycles. The molecule has 2 saturated carbocycles. The highest BCUT2D eigenvalue weighted by molar-refractivity contribution is 5.67. The van der Waals surface area contributed by atoms with Gasteiger partial charge in [-0.3, -0.25) is 4.79 Å². The van der Waals surface area contributed by atoms with Crippen LogP contribution in [0.1, 0.15) is 46.5 Å². The zero-order valence-electron chi connectivity index (χ0n) is 12.0. The van der Waals surface area contributed by atoms with Gasteiger partial charge in [0.05, 0.1) is 12.5 Å². The molecule has 2 bridgehead atoms. The number of aliphatic carboxylic acids is 1. The third-order valence-electron chi connectivity index (χ3n) is 5.77. The lowest BCUT2D eigenvalue weighted by Crippen LogP contribution is -2.43. The van der Waals surface area contributed by atoms with Crippen LogP contribution in [0.25, 0.3) is 0 Å². The number of carboxylic acids is 1. The molecule has 0 amide bonds. The fraction of sp³-hybridized carbons (Fsp3) is 0.929. The zero-order chi connectivity index (χ0) is 15.3. The van der Waals surface area contributed by atoms with Crippen molar-refractivity contribution < 1.29 is 27.8 Å². The summed E-state index contributed by atoms with van der Waals surface area (Å²) in [4.78, 5) is 10.6. The summed E-state index contributed by atoms with van der Waals surface area (Å²) in [6.07, 6.45) is -5.94. The Morgan fingerprint density at radius 1 is 1.40 bits per heavy atom. The minimum Gasteiger partial charge on any atom is -0.481 e. The van der Waals surface area contributed by atoms with Crippen molar-refractivity contribution >= 4 is 5.97 Å². The van der Waals surface area contributed by atoms with E-state index in [9.17, 15) is 18.0 Å². The summed E-state index contributed by atoms with van der Waals surface area (Å²) in [7, 11) is 0. The van der Waals surface area contributed by atoms with E-state index in [1.807, 2.05) is 6.92 Å². The van der Waals surface area contributed by atoms with E-state index in [4.69, 9.17) is 9.84 Å². The van der Waals surface area contributed by atoms with E-state index in [0.29, 0.717) is 12.3 Å². The van der Waals surface area contributed by atoms with E-state index in [0.717, 1.165) is 12.8 Å². The van der Waals surface area contributed by atoms with Crippen molar-refractivity contribution in [2.24, 2.45) is 16.7 Å². The Bertz CT molecular complexity index is 405. The molecule has 2 aliphatic rings. The number of alkyl halides is 3. The normalized spacial score (nSPS) is 37.1. The first kappa shape index (κ1) is 15.6. The van der Waals surface area contributed by atoms with Crippen LogP contribution in [-0.2, 0) is 9.53 Å². The Morgan fingerprint density at radius 2 is 2.00 bits per heavy atom. The number of carboxylic acid groups (broad SMARTS) is 1. The lowest BCUT2D eigenvalue weighted by Gasteiger charge is -2.40. The fourth-order valence-corrected chi connectivity index (χ4v) is 3.93. The number of ether oxygens (including phenoxy) is 1. The van der Waals surface area contributed by atoms with Gasteiger partial charge in [-0.15, -0.1) is 0 Å². The highest BCUT2D eigenvalue weighted by Crippen LogP contribution is 2.66. The molecule has 2 fully saturated rings. The van der Waals surface area contributed by atoms with Crippen LogP contribution in [0.2, 0.25) is 0 Å². The van der Waals surface area contributed by atoms with Crippen molar-refractivity contribution in [3.63, 3.8) is 0 Å². The molecule has 0 saturated heterocycles. The van der Waals surface area contributed by atoms with Crippen LogP contribution in [0.4, 0.5) is 13.2 Å². The Morgan fingerprint density at radius 3 is 2.35 bits per heavy atom. The molecule has 6 heteroatoms. The van der Waals surface area contributed by atoms with E-state index in [-0.39, 0.29) is 10.8 Å². The predicted molar refractivity (Wildman–Crippen MR) is 66.2 cm³/mol. The third-order valence-corrected chi connectivity index (χ3v) is 5.77. The molecular formula is C14H21F3O3. The van der Waals surface area contributed by atoms with Gasteiger partial charge < -0.3 is 9.84 Å². The van der Waals surface area contributed by atoms with Crippen molar-refractivity contribution in [3.8, 4) is 0 Å². The van der Waals surface area contributed by atoms with Crippen molar-refractivity contribution in [1.82, 2.24) is 0 Å². The summed E-state index contributed by atoms with van der Waals surface area (Å²) >= 11 is 0. The number of carbonyl (C=O) groups is 1. The minimum absolute atomic E-state index is 0.0585. The monoisotopic (exact) mass is 294 g/mol. The minimum atomic E-state index is -4.64. The molecule has 0 aromatic carbocycles. The van der Waals surface area contributed by atoms with E-state index < -0.39 is 30.8 Å². The number of halogens is 3. The van der Waals surface area contributed by atoms with Crippen molar-refractivity contribution in [3.05, 3.63) is 0 Å². The van der Waals surface area contributed by atoms with Crippen LogP contribution in [0, 0.1) is 16.7 Å². The van der Waals surface area contributed by atoms with Crippen LogP contribution >= 0.6 is 0 Å². The van der Waals surface area contributed by atoms with Gasteiger partial charge in [0, 0.05) is 0 Å². The molecule has 2 rings (SSSR count). The van der Waals surface area contributed by atoms with Gasteiger partial charge in [-0.2, -0.15) is 13.2 Å². The van der Waals surface area contributed by atoms with Gasteiger partial charge in [-0.25, -0.2) is 0 Å². The summed E-state index contributed by atoms with van der Waals surface area (Å²) in [5, 5.41) is 8.64. The molecule has 0 spiro atoms. The third kappa shape index (κ3) is 2.32. The highest BCUT2D eigenvalue weighted by atomic mass is 19.4. The lowest BCUT2D eigenvalue weighted by molar-refractivity contribution is -0.247. The van der Waals surface area contributed by atoms with Gasteiger partial charge in [-0.05, 0) is 36.0 Å². The largest absolute Gasteiger partial charge is 0.481 e. The summed E-state index contributed by atoms with van der Waals surface area (Å²) in [5.41, 5.74) is -0.364. The Labute approximate surface area is 116 Å². The highest BCUT2D eigenvalue weighted by Gasteiger charge is 2.63. The van der Waals surface area contributed by atoms with Gasteiger partial charge in [0.1, 0.15) is 0 Å². The van der Waals surface area contributed by atoms with Gasteiger partial charge in [0.2, 0.25) is 0 Å². The molecule has 4 unspecified atom stereocenters. The standard InChI is InChI=1S/C14H21F3O3/c1-12(2)8-4-5-13(12,3)9(6-8)20-10(7-11(18)19)14(15,16)17/h8-10H,4-7H2,1-3H3,(H,18,19). The molecule has 2 aliphatic carbocycles. The summed E-state index contributed by atoms with van der Waals surface area (Å²) in [6, 6.07) is 0. The average molecular weight is 294 g/mol. The molecule has 0 aliphatic heterocycles. The van der Waals surface area contributed by atoms with Gasteiger partial charge in [0.25, 0.3) is 0 Å². The average Bonchev–Trinajstić information content (AvgIpc) is 2.59. The van der Waals surface area contributed by atoms with Gasteiger partial charge >= 0.3 is 12.1 Å². The van der Waals surface area contributed by atoms with Crippen LogP contribution in [0.15, 0.2) is 0 Å². The van der Waals surface area contributed by atoms with Crippen LogP contribution in [0.5, 0.6) is 0 Å². The second-order valence-corrected chi connectivity index (χ2v) is 6.86. The fourth-order valence-electron chi connectivity index (χ4n) is 3.93. The Balaban J connectivity index is 2.15. The Hall–Kier alpha value is -0.780. The van der Waals surface area contributed by atoms with Crippen LogP contribution < -0.4 is 0 Å². The molecule has 20 heavy (non-hydrogen) atoms. The predicted octanol–water partition coefficient (Wildman–Crippen LogP) is 3.62. The van der Waals surface area contributed by atoms with E-state index in [1.54, 1.807) is 0 Å². The van der Waals surface area contributed by atoms with Crippen LogP contribution in [-0.4, -0.2) is 29.5 Å². The molecule has 0 aromatic heterocycles. The maximum Gasteiger partial charge on any atom is 0.415 e. The SMILES string of the molecule is CC1(C)C2CCC1(C)C(OC(CC(=O)O)C(F)(F)F)C2. The first-order valence-corrected chi connectivity index (χ1v) is 6.92. The summed E-state index contributed by atoms with van der Waals surface area (Å²) < 4.78 is 44.0. The first-order valence-electron chi connectivity index (χ1n) is 6.92. The van der Waals surface area contributed by atoms with Crippen molar-refractivity contribution in [2.75, 3.05) is 0 Å². The van der Waals surface area contributed by atoms with E-state index in [1.165, 1.54) is 0 Å². The number of hydrogen-bond acceptors (Lipinski definition) is 2. The van der Waals surface area contributed by atoms with Crippen LogP contribution in [0.3, 0.4) is 0 Å². The quantitative estimate of drug-likeness (QED) is 0.861. The zero-order valence-corrected chi connectivity index (χ0v) is 12.0. The smallest absolute Gasteiger partial charge is 0.415 e. The molecule has 116 valence electrons. The number of hydrogen-bond donors (Lipinski definition) is 1. The maximum absolute atomic E-state index is 12.9. The second-order valence-electron chi connectivity index (χ2n) is 6.86. The second kappa shape index (κ2) is 4.61. The number of fused-ring (bicyclic) bond motifs is 2. The first-order chi connectivity index (χ1) is 8.98. The molecular weight excluding hydrogens is 273 g/mol. The Kier molecular flexibility index (Phi) is 3.60. The number of rotatable bonds is 4. The van der Waals surface area contributed by atoms with E-state index >= 15 is 0 Å². The maximum atomic E-state index is 12.9. The van der Waals surface area contributed by atoms with Crippen molar-refractivity contribution in [1.29, 1.82) is 0 Å². The van der Waals surface area contributed by atoms with Crippen molar-refractivity contribution in [2.45, 2.75) is 64.8 Å². The molecule has 4 atom stereocenters. The molecule has 0 radical (unpaired) electrons.